The highest BCUT2D eigenvalue weighted by Gasteiger charge is 2.23. The molecule has 0 fully saturated rings. The van der Waals surface area contributed by atoms with E-state index in [-0.39, 0.29) is 5.91 Å². The molecule has 2 N–H and O–H groups in total. The van der Waals surface area contributed by atoms with E-state index in [4.69, 9.17) is 5.73 Å². The summed E-state index contributed by atoms with van der Waals surface area (Å²) in [5, 5.41) is 4.27. The number of anilines is 1. The van der Waals surface area contributed by atoms with Gasteiger partial charge in [-0.05, 0) is 12.8 Å². The molecule has 0 spiro atoms. The molecule has 1 rings (SSSR count). The number of carbonyl (C=O) groups is 1. The molecule has 0 aliphatic rings. The van der Waals surface area contributed by atoms with Crippen molar-refractivity contribution in [2.24, 2.45) is 7.05 Å². The number of nitrogens with zero attached hydrogens (tertiary/aromatic N) is 3. The molecule has 1 aromatic heterocycles. The molecule has 100 valence electrons. The molecular formula is C13H22N4O. The van der Waals surface area contributed by atoms with Crippen LogP contribution in [0.3, 0.4) is 0 Å². The highest BCUT2D eigenvalue weighted by molar-refractivity contribution is 5.98. The molecular weight excluding hydrogens is 228 g/mol. The topological polar surface area (TPSA) is 64.2 Å². The molecule has 0 aromatic carbocycles. The molecule has 1 heterocycles. The van der Waals surface area contributed by atoms with Crippen LogP contribution in [0.25, 0.3) is 0 Å². The van der Waals surface area contributed by atoms with Gasteiger partial charge in [-0.3, -0.25) is 9.48 Å². The fraction of sp³-hybridized carbons (Fsp3) is 0.538. The van der Waals surface area contributed by atoms with Crippen LogP contribution in [0.2, 0.25) is 0 Å². The first-order chi connectivity index (χ1) is 8.56. The highest BCUT2D eigenvalue weighted by Crippen LogP contribution is 2.19. The normalized spacial score (nSPS) is 10.4. The molecule has 0 saturated carbocycles. The van der Waals surface area contributed by atoms with Crippen LogP contribution in [0.5, 0.6) is 0 Å². The molecule has 0 saturated heterocycles. The second-order valence-electron chi connectivity index (χ2n) is 4.23. The Morgan fingerprint density at radius 3 is 2.67 bits per heavy atom. The lowest BCUT2D eigenvalue weighted by atomic mass is 10.2. The monoisotopic (exact) mass is 250 g/mol. The second kappa shape index (κ2) is 6.23. The van der Waals surface area contributed by atoms with Crippen LogP contribution in [-0.2, 0) is 13.5 Å². The van der Waals surface area contributed by atoms with E-state index in [9.17, 15) is 4.79 Å². The minimum absolute atomic E-state index is 0.0797. The number of nitrogens with two attached hydrogens (primary N) is 1. The third-order valence-corrected chi connectivity index (χ3v) is 2.83. The first-order valence-corrected chi connectivity index (χ1v) is 6.28. The minimum Gasteiger partial charge on any atom is -0.395 e. The zero-order valence-electron chi connectivity index (χ0n) is 11.4. The number of amides is 1. The maximum atomic E-state index is 12.4. The van der Waals surface area contributed by atoms with E-state index in [1.165, 1.54) is 0 Å². The van der Waals surface area contributed by atoms with Gasteiger partial charge < -0.3 is 10.6 Å². The van der Waals surface area contributed by atoms with E-state index < -0.39 is 0 Å². The fourth-order valence-electron chi connectivity index (χ4n) is 1.96. The molecule has 0 bridgehead atoms. The molecule has 0 radical (unpaired) electrons. The minimum atomic E-state index is -0.0797. The summed E-state index contributed by atoms with van der Waals surface area (Å²) in [6.07, 6.45) is 3.35. The number of rotatable bonds is 6. The lowest BCUT2D eigenvalue weighted by Gasteiger charge is -2.20. The van der Waals surface area contributed by atoms with Crippen molar-refractivity contribution < 1.29 is 4.79 Å². The summed E-state index contributed by atoms with van der Waals surface area (Å²) in [6, 6.07) is 0. The zero-order valence-corrected chi connectivity index (χ0v) is 11.4. The van der Waals surface area contributed by atoms with Gasteiger partial charge in [0.05, 0.1) is 11.4 Å². The molecule has 18 heavy (non-hydrogen) atoms. The van der Waals surface area contributed by atoms with Crippen molar-refractivity contribution in [1.29, 1.82) is 0 Å². The van der Waals surface area contributed by atoms with Crippen LogP contribution in [0, 0.1) is 0 Å². The number of carbonyl (C=O) groups excluding carboxylic acids is 1. The third kappa shape index (κ3) is 2.72. The van der Waals surface area contributed by atoms with Gasteiger partial charge in [-0.2, -0.15) is 5.10 Å². The predicted molar refractivity (Wildman–Crippen MR) is 73.4 cm³/mol. The first-order valence-electron chi connectivity index (χ1n) is 6.28. The number of aromatic nitrogens is 2. The average molecular weight is 250 g/mol. The van der Waals surface area contributed by atoms with Gasteiger partial charge in [0.1, 0.15) is 5.69 Å². The van der Waals surface area contributed by atoms with Gasteiger partial charge in [-0.15, -0.1) is 6.58 Å². The predicted octanol–water partition coefficient (Wildman–Crippen LogP) is 1.60. The van der Waals surface area contributed by atoms with Gasteiger partial charge in [0, 0.05) is 20.1 Å². The smallest absolute Gasteiger partial charge is 0.274 e. The van der Waals surface area contributed by atoms with Crippen molar-refractivity contribution in [3.8, 4) is 0 Å². The Kier molecular flexibility index (Phi) is 4.95. The summed E-state index contributed by atoms with van der Waals surface area (Å²) in [4.78, 5) is 14.2. The number of aryl methyl sites for hydroxylation is 2. The number of hydrogen-bond donors (Lipinski definition) is 1. The standard InChI is InChI=1S/C13H22N4O/c1-5-8-17(9-6-2)13(18)12-11(14)10(7-3)15-16(12)4/h5H,1,6-9,14H2,2-4H3. The Hall–Kier alpha value is -1.78. The summed E-state index contributed by atoms with van der Waals surface area (Å²) in [5.41, 5.74) is 7.73. The van der Waals surface area contributed by atoms with Crippen molar-refractivity contribution in [3.63, 3.8) is 0 Å². The number of nitrogen functional groups attached to an aromatic ring is 1. The SMILES string of the molecule is C=CCN(CCC)C(=O)c1c(N)c(CC)nn1C. The highest BCUT2D eigenvalue weighted by atomic mass is 16.2. The summed E-state index contributed by atoms with van der Waals surface area (Å²) in [7, 11) is 1.75. The van der Waals surface area contributed by atoms with Gasteiger partial charge in [0.15, 0.2) is 0 Å². The fourth-order valence-corrected chi connectivity index (χ4v) is 1.96. The summed E-state index contributed by atoms with van der Waals surface area (Å²) in [6.45, 7) is 8.90. The zero-order chi connectivity index (χ0) is 13.7. The van der Waals surface area contributed by atoms with E-state index in [2.05, 4.69) is 11.7 Å². The third-order valence-electron chi connectivity index (χ3n) is 2.83. The molecule has 5 heteroatoms. The molecule has 0 aliphatic heterocycles. The van der Waals surface area contributed by atoms with Gasteiger partial charge in [-0.25, -0.2) is 0 Å². The first kappa shape index (κ1) is 14.3. The molecule has 1 aromatic rings. The van der Waals surface area contributed by atoms with E-state index in [0.29, 0.717) is 24.5 Å². The summed E-state index contributed by atoms with van der Waals surface area (Å²) >= 11 is 0. The molecule has 0 aliphatic carbocycles. The van der Waals surface area contributed by atoms with Crippen LogP contribution >= 0.6 is 0 Å². The lowest BCUT2D eigenvalue weighted by molar-refractivity contribution is 0.0764. The van der Waals surface area contributed by atoms with Crippen LogP contribution in [0.4, 0.5) is 5.69 Å². The van der Waals surface area contributed by atoms with Crippen molar-refractivity contribution in [3.05, 3.63) is 24.0 Å². The maximum Gasteiger partial charge on any atom is 0.274 e. The van der Waals surface area contributed by atoms with Crippen LogP contribution < -0.4 is 5.73 Å². The Balaban J connectivity index is 3.07. The van der Waals surface area contributed by atoms with Crippen LogP contribution in [0.15, 0.2) is 12.7 Å². The van der Waals surface area contributed by atoms with Crippen molar-refractivity contribution >= 4 is 11.6 Å². The van der Waals surface area contributed by atoms with Gasteiger partial charge in [0.25, 0.3) is 5.91 Å². The number of hydrogen-bond acceptors (Lipinski definition) is 3. The molecule has 0 unspecified atom stereocenters. The Labute approximate surface area is 108 Å². The van der Waals surface area contributed by atoms with Crippen molar-refractivity contribution in [2.75, 3.05) is 18.8 Å². The Morgan fingerprint density at radius 2 is 2.22 bits per heavy atom. The lowest BCUT2D eigenvalue weighted by Crippen LogP contribution is -2.33. The summed E-state index contributed by atoms with van der Waals surface area (Å²) in [5.74, 6) is -0.0797. The second-order valence-corrected chi connectivity index (χ2v) is 4.23. The molecule has 5 nitrogen and oxygen atoms in total. The van der Waals surface area contributed by atoms with Gasteiger partial charge >= 0.3 is 0 Å². The van der Waals surface area contributed by atoms with E-state index >= 15 is 0 Å². The van der Waals surface area contributed by atoms with E-state index in [1.54, 1.807) is 22.7 Å². The van der Waals surface area contributed by atoms with Crippen molar-refractivity contribution in [1.82, 2.24) is 14.7 Å². The van der Waals surface area contributed by atoms with Crippen LogP contribution in [-0.4, -0.2) is 33.7 Å². The maximum absolute atomic E-state index is 12.4. The van der Waals surface area contributed by atoms with Gasteiger partial charge in [-0.1, -0.05) is 19.9 Å². The van der Waals surface area contributed by atoms with Crippen molar-refractivity contribution in [2.45, 2.75) is 26.7 Å². The molecule has 1 amide bonds. The average Bonchev–Trinajstić information content (AvgIpc) is 2.63. The molecule has 0 atom stereocenters. The van der Waals surface area contributed by atoms with E-state index in [0.717, 1.165) is 18.5 Å². The Bertz CT molecular complexity index is 436. The summed E-state index contributed by atoms with van der Waals surface area (Å²) < 4.78 is 1.57. The van der Waals surface area contributed by atoms with E-state index in [1.807, 2.05) is 13.8 Å². The largest absolute Gasteiger partial charge is 0.395 e. The quantitative estimate of drug-likeness (QED) is 0.780. The van der Waals surface area contributed by atoms with Crippen LogP contribution in [0.1, 0.15) is 36.5 Å². The Morgan fingerprint density at radius 1 is 1.56 bits per heavy atom. The van der Waals surface area contributed by atoms with Gasteiger partial charge in [0.2, 0.25) is 0 Å².